The van der Waals surface area contributed by atoms with Crippen LogP contribution in [0.2, 0.25) is 0 Å². The second kappa shape index (κ2) is 5.02. The van der Waals surface area contributed by atoms with E-state index in [9.17, 15) is 9.18 Å². The van der Waals surface area contributed by atoms with Gasteiger partial charge in [0.2, 0.25) is 5.91 Å². The Labute approximate surface area is 115 Å². The minimum absolute atomic E-state index is 0.195. The smallest absolute Gasteiger partial charge is 0.249 e. The third-order valence-corrected chi connectivity index (χ3v) is 2.98. The molecule has 0 aliphatic carbocycles. The molecule has 0 aliphatic heterocycles. The predicted molar refractivity (Wildman–Crippen MR) is 75.2 cm³/mol. The van der Waals surface area contributed by atoms with Crippen molar-refractivity contribution in [3.05, 3.63) is 46.9 Å². The van der Waals surface area contributed by atoms with Crippen LogP contribution in [-0.2, 0) is 0 Å². The minimum atomic E-state index is -0.644. The van der Waals surface area contributed by atoms with Crippen molar-refractivity contribution >= 4 is 11.7 Å². The molecule has 0 radical (unpaired) electrons. The first kappa shape index (κ1) is 13.6. The quantitative estimate of drug-likeness (QED) is 0.816. The average molecular weight is 269 g/mol. The van der Waals surface area contributed by atoms with Crippen LogP contribution >= 0.6 is 0 Å². The van der Waals surface area contributed by atoms with Crippen LogP contribution in [0.1, 0.15) is 21.5 Å². The molecule has 1 aromatic heterocycles. The molecule has 1 amide bonds. The lowest BCUT2D eigenvalue weighted by Gasteiger charge is -2.12. The molecule has 4 nitrogen and oxygen atoms in total. The summed E-state index contributed by atoms with van der Waals surface area (Å²) in [5.74, 6) is 0.962. The zero-order valence-electron chi connectivity index (χ0n) is 10.8. The normalized spacial score (nSPS) is 10.1. The fourth-order valence-corrected chi connectivity index (χ4v) is 2.02. The standard InChI is InChI=1S/C15H12FN3O/c1-3-10-11(15(18)20)5-4-8(2)13(10)9-6-12(16)14(17)19-7-9/h1,4-7H,2H3,(H2,17,19)(H2,18,20). The Morgan fingerprint density at radius 2 is 2.15 bits per heavy atom. The summed E-state index contributed by atoms with van der Waals surface area (Å²) in [6, 6.07) is 4.48. The monoisotopic (exact) mass is 269 g/mol. The van der Waals surface area contributed by atoms with Crippen LogP contribution in [0.5, 0.6) is 0 Å². The first-order valence-electron chi connectivity index (χ1n) is 5.77. The summed E-state index contributed by atoms with van der Waals surface area (Å²) >= 11 is 0. The highest BCUT2D eigenvalue weighted by molar-refractivity contribution is 5.98. The van der Waals surface area contributed by atoms with E-state index in [1.165, 1.54) is 12.3 Å². The highest BCUT2D eigenvalue weighted by Crippen LogP contribution is 2.30. The summed E-state index contributed by atoms with van der Waals surface area (Å²) in [7, 11) is 0. The third-order valence-electron chi connectivity index (χ3n) is 2.98. The van der Waals surface area contributed by atoms with Crippen molar-refractivity contribution < 1.29 is 9.18 Å². The lowest BCUT2D eigenvalue weighted by molar-refractivity contribution is 0.1000. The molecule has 0 bridgehead atoms. The number of aromatic nitrogens is 1. The lowest BCUT2D eigenvalue weighted by atomic mass is 9.92. The molecule has 100 valence electrons. The summed E-state index contributed by atoms with van der Waals surface area (Å²) in [6.07, 6.45) is 6.88. The number of nitrogens with two attached hydrogens (primary N) is 2. The van der Waals surface area contributed by atoms with Gasteiger partial charge in [-0.3, -0.25) is 4.79 Å². The highest BCUT2D eigenvalue weighted by Gasteiger charge is 2.16. The molecule has 0 saturated heterocycles. The van der Waals surface area contributed by atoms with Gasteiger partial charge >= 0.3 is 0 Å². The van der Waals surface area contributed by atoms with Gasteiger partial charge in [0, 0.05) is 22.9 Å². The van der Waals surface area contributed by atoms with Crippen LogP contribution < -0.4 is 11.5 Å². The molecule has 0 spiro atoms. The Hall–Kier alpha value is -2.87. The number of pyridine rings is 1. The summed E-state index contributed by atoms with van der Waals surface area (Å²) in [4.78, 5) is 15.2. The van der Waals surface area contributed by atoms with E-state index in [1.54, 1.807) is 19.1 Å². The topological polar surface area (TPSA) is 82.0 Å². The number of rotatable bonds is 2. The molecular weight excluding hydrogens is 257 g/mol. The maximum Gasteiger partial charge on any atom is 0.249 e. The number of carbonyl (C=O) groups is 1. The molecule has 0 atom stereocenters. The molecule has 20 heavy (non-hydrogen) atoms. The summed E-state index contributed by atoms with van der Waals surface area (Å²) in [5, 5.41) is 0. The molecule has 0 aliphatic rings. The van der Waals surface area contributed by atoms with Gasteiger partial charge in [0.1, 0.15) is 0 Å². The molecule has 2 rings (SSSR count). The Morgan fingerprint density at radius 3 is 2.70 bits per heavy atom. The van der Waals surface area contributed by atoms with Gasteiger partial charge < -0.3 is 11.5 Å². The highest BCUT2D eigenvalue weighted by atomic mass is 19.1. The average Bonchev–Trinajstić information content (AvgIpc) is 2.41. The van der Waals surface area contributed by atoms with Gasteiger partial charge in [-0.25, -0.2) is 9.37 Å². The Kier molecular flexibility index (Phi) is 3.40. The number of hydrogen-bond donors (Lipinski definition) is 2. The molecule has 4 N–H and O–H groups in total. The van der Waals surface area contributed by atoms with Crippen molar-refractivity contribution in [1.82, 2.24) is 4.98 Å². The van der Waals surface area contributed by atoms with Crippen molar-refractivity contribution in [2.75, 3.05) is 5.73 Å². The number of benzene rings is 1. The molecule has 0 unspecified atom stereocenters. The van der Waals surface area contributed by atoms with Crippen LogP contribution in [0.15, 0.2) is 24.4 Å². The molecule has 1 heterocycles. The van der Waals surface area contributed by atoms with Gasteiger partial charge in [-0.2, -0.15) is 0 Å². The number of nitrogen functional groups attached to an aromatic ring is 1. The molecular formula is C15H12FN3O. The van der Waals surface area contributed by atoms with Crippen LogP contribution in [0.4, 0.5) is 10.2 Å². The number of nitrogens with zero attached hydrogens (tertiary/aromatic N) is 1. The fraction of sp³-hybridized carbons (Fsp3) is 0.0667. The number of aryl methyl sites for hydroxylation is 1. The summed E-state index contributed by atoms with van der Waals surface area (Å²) in [6.45, 7) is 1.80. The van der Waals surface area contributed by atoms with E-state index in [4.69, 9.17) is 17.9 Å². The second-order valence-electron chi connectivity index (χ2n) is 4.28. The number of carbonyl (C=O) groups excluding carboxylic acids is 1. The van der Waals surface area contributed by atoms with Crippen molar-refractivity contribution in [3.63, 3.8) is 0 Å². The van der Waals surface area contributed by atoms with Crippen LogP contribution in [0.3, 0.4) is 0 Å². The summed E-state index contributed by atoms with van der Waals surface area (Å²) in [5.41, 5.74) is 13.0. The van der Waals surface area contributed by atoms with Crippen LogP contribution in [0, 0.1) is 25.1 Å². The molecule has 2 aromatic rings. The lowest BCUT2D eigenvalue weighted by Crippen LogP contribution is -2.14. The predicted octanol–water partition coefficient (Wildman–Crippen LogP) is 1.86. The fourth-order valence-electron chi connectivity index (χ4n) is 2.02. The number of hydrogen-bond acceptors (Lipinski definition) is 3. The maximum absolute atomic E-state index is 13.6. The van der Waals surface area contributed by atoms with Gasteiger partial charge in [0.25, 0.3) is 0 Å². The third kappa shape index (κ3) is 2.19. The van der Waals surface area contributed by atoms with Gasteiger partial charge in [-0.15, -0.1) is 6.42 Å². The zero-order valence-corrected chi connectivity index (χ0v) is 10.8. The number of terminal acetylenes is 1. The minimum Gasteiger partial charge on any atom is -0.381 e. The van der Waals surface area contributed by atoms with E-state index in [1.807, 2.05) is 0 Å². The SMILES string of the molecule is C#Cc1c(C(N)=O)ccc(C)c1-c1cnc(N)c(F)c1. The van der Waals surface area contributed by atoms with Crippen molar-refractivity contribution in [2.24, 2.45) is 5.73 Å². The van der Waals surface area contributed by atoms with Gasteiger partial charge in [-0.05, 0) is 24.6 Å². The van der Waals surface area contributed by atoms with Gasteiger partial charge in [0.05, 0.1) is 5.56 Å². The van der Waals surface area contributed by atoms with E-state index < -0.39 is 11.7 Å². The van der Waals surface area contributed by atoms with E-state index >= 15 is 0 Å². The number of amides is 1. The first-order chi connectivity index (χ1) is 9.45. The van der Waals surface area contributed by atoms with Gasteiger partial charge in [-0.1, -0.05) is 12.0 Å². The van der Waals surface area contributed by atoms with Crippen molar-refractivity contribution in [2.45, 2.75) is 6.92 Å². The first-order valence-corrected chi connectivity index (χ1v) is 5.77. The Morgan fingerprint density at radius 1 is 1.45 bits per heavy atom. The van der Waals surface area contributed by atoms with E-state index in [0.717, 1.165) is 5.56 Å². The van der Waals surface area contributed by atoms with Crippen LogP contribution in [0.25, 0.3) is 11.1 Å². The van der Waals surface area contributed by atoms with Crippen molar-refractivity contribution in [1.29, 1.82) is 0 Å². The van der Waals surface area contributed by atoms with Crippen molar-refractivity contribution in [3.8, 4) is 23.5 Å². The maximum atomic E-state index is 13.6. The molecule has 0 saturated carbocycles. The molecule has 5 heteroatoms. The zero-order chi connectivity index (χ0) is 14.9. The largest absolute Gasteiger partial charge is 0.381 e. The number of primary amides is 1. The molecule has 0 fully saturated rings. The van der Waals surface area contributed by atoms with E-state index in [0.29, 0.717) is 16.7 Å². The number of anilines is 1. The van der Waals surface area contributed by atoms with E-state index in [-0.39, 0.29) is 11.4 Å². The van der Waals surface area contributed by atoms with E-state index in [2.05, 4.69) is 10.9 Å². The van der Waals surface area contributed by atoms with Crippen LogP contribution in [-0.4, -0.2) is 10.9 Å². The Balaban J connectivity index is 2.79. The summed E-state index contributed by atoms with van der Waals surface area (Å²) < 4.78 is 13.6. The molecule has 1 aromatic carbocycles. The second-order valence-corrected chi connectivity index (χ2v) is 4.28. The Bertz CT molecular complexity index is 748. The van der Waals surface area contributed by atoms with Gasteiger partial charge in [0.15, 0.2) is 11.6 Å². The number of halogens is 1.